The van der Waals surface area contributed by atoms with Crippen molar-refractivity contribution in [3.05, 3.63) is 184 Å². The van der Waals surface area contributed by atoms with Crippen LogP contribution in [0.3, 0.4) is 0 Å². The quantitative estimate of drug-likeness (QED) is 0.108. The standard InChI is InChI=1S/C43H42ClFO6/c1-4-47-39-23-20-34(25-38(39)45)24-35-26-36(21-22-37(35)44)43(46-3)42(50-29-33-18-12-7-13-19-33)41(49-28-32-16-10-6-11-17-32)40(30(2)51-43)48-27-31-14-8-5-9-15-31/h5-23,25-26,40-42H,2,4,24,27-29H2,1,3H3. The second-order valence-corrected chi connectivity index (χ2v) is 12.7. The lowest BCUT2D eigenvalue weighted by molar-refractivity contribution is -0.338. The molecule has 1 aliphatic rings. The lowest BCUT2D eigenvalue weighted by atomic mass is 9.87. The van der Waals surface area contributed by atoms with Gasteiger partial charge in [0.15, 0.2) is 17.7 Å². The molecule has 0 amide bonds. The Morgan fingerprint density at radius 3 is 1.88 bits per heavy atom. The Balaban J connectivity index is 1.39. The Kier molecular flexibility index (Phi) is 12.2. The molecule has 0 spiro atoms. The van der Waals surface area contributed by atoms with Gasteiger partial charge in [0.2, 0.25) is 0 Å². The molecule has 0 saturated carbocycles. The van der Waals surface area contributed by atoms with Crippen LogP contribution in [0.2, 0.25) is 5.02 Å². The summed E-state index contributed by atoms with van der Waals surface area (Å²) in [4.78, 5) is 0. The predicted molar refractivity (Wildman–Crippen MR) is 196 cm³/mol. The van der Waals surface area contributed by atoms with E-state index < -0.39 is 29.9 Å². The van der Waals surface area contributed by atoms with E-state index in [1.54, 1.807) is 19.2 Å². The molecule has 0 N–H and O–H groups in total. The summed E-state index contributed by atoms with van der Waals surface area (Å²) in [6.07, 6.45) is -1.94. The summed E-state index contributed by atoms with van der Waals surface area (Å²) in [6, 6.07) is 40.2. The molecule has 0 bridgehead atoms. The summed E-state index contributed by atoms with van der Waals surface area (Å²) >= 11 is 6.78. The predicted octanol–water partition coefficient (Wildman–Crippen LogP) is 9.57. The van der Waals surface area contributed by atoms with Gasteiger partial charge in [0.1, 0.15) is 18.0 Å². The zero-order valence-electron chi connectivity index (χ0n) is 28.8. The molecule has 1 fully saturated rings. The largest absolute Gasteiger partial charge is 0.491 e. The van der Waals surface area contributed by atoms with E-state index in [1.165, 1.54) is 6.07 Å². The highest BCUT2D eigenvalue weighted by Crippen LogP contribution is 2.45. The van der Waals surface area contributed by atoms with Crippen molar-refractivity contribution in [1.29, 1.82) is 0 Å². The van der Waals surface area contributed by atoms with Crippen LogP contribution in [0.1, 0.15) is 40.3 Å². The van der Waals surface area contributed by atoms with Gasteiger partial charge in [-0.25, -0.2) is 4.39 Å². The molecule has 0 aromatic heterocycles. The van der Waals surface area contributed by atoms with Crippen molar-refractivity contribution in [3.63, 3.8) is 0 Å². The van der Waals surface area contributed by atoms with Crippen LogP contribution in [0, 0.1) is 5.82 Å². The van der Waals surface area contributed by atoms with Crippen LogP contribution in [0.15, 0.2) is 140 Å². The van der Waals surface area contributed by atoms with E-state index in [0.717, 1.165) is 27.8 Å². The minimum atomic E-state index is -1.52. The van der Waals surface area contributed by atoms with Crippen LogP contribution < -0.4 is 4.74 Å². The molecule has 6 rings (SSSR count). The number of benzene rings is 5. The molecule has 4 unspecified atom stereocenters. The Morgan fingerprint density at radius 2 is 1.31 bits per heavy atom. The van der Waals surface area contributed by atoms with Crippen molar-refractivity contribution < 1.29 is 32.8 Å². The second kappa shape index (κ2) is 17.1. The van der Waals surface area contributed by atoms with E-state index in [1.807, 2.05) is 116 Å². The normalized spacial score (nSPS) is 20.2. The monoisotopic (exact) mass is 708 g/mol. The maximum Gasteiger partial charge on any atom is 0.265 e. The number of methoxy groups -OCH3 is 1. The molecule has 5 aromatic rings. The summed E-state index contributed by atoms with van der Waals surface area (Å²) in [5, 5.41) is 0.511. The molecule has 5 aromatic carbocycles. The third-order valence-corrected chi connectivity index (χ3v) is 9.21. The van der Waals surface area contributed by atoms with Crippen molar-refractivity contribution in [2.75, 3.05) is 13.7 Å². The van der Waals surface area contributed by atoms with Crippen molar-refractivity contribution in [3.8, 4) is 5.75 Å². The second-order valence-electron chi connectivity index (χ2n) is 12.3. The summed E-state index contributed by atoms with van der Waals surface area (Å²) in [7, 11) is 1.57. The zero-order valence-corrected chi connectivity index (χ0v) is 29.6. The molecular formula is C43H42ClFO6. The minimum absolute atomic E-state index is 0.206. The van der Waals surface area contributed by atoms with Crippen LogP contribution in [0.25, 0.3) is 0 Å². The molecule has 6 nitrogen and oxygen atoms in total. The van der Waals surface area contributed by atoms with Crippen molar-refractivity contribution >= 4 is 11.6 Å². The average Bonchev–Trinajstić information content (AvgIpc) is 3.16. The van der Waals surface area contributed by atoms with E-state index in [2.05, 4.69) is 6.58 Å². The third-order valence-electron chi connectivity index (χ3n) is 8.84. The zero-order chi connectivity index (χ0) is 35.6. The first-order valence-corrected chi connectivity index (χ1v) is 17.4. The molecule has 0 radical (unpaired) electrons. The van der Waals surface area contributed by atoms with Gasteiger partial charge < -0.3 is 28.4 Å². The molecule has 1 heterocycles. The van der Waals surface area contributed by atoms with Gasteiger partial charge in [-0.1, -0.05) is 121 Å². The lowest BCUT2D eigenvalue weighted by Gasteiger charge is -2.49. The van der Waals surface area contributed by atoms with Gasteiger partial charge in [-0.05, 0) is 65.4 Å². The first kappa shape index (κ1) is 36.3. The number of ether oxygens (including phenoxy) is 6. The lowest BCUT2D eigenvalue weighted by Crippen LogP contribution is -2.61. The number of hydrogen-bond donors (Lipinski definition) is 0. The first-order valence-electron chi connectivity index (χ1n) is 17.0. The van der Waals surface area contributed by atoms with E-state index in [9.17, 15) is 4.39 Å². The molecule has 4 atom stereocenters. The SMILES string of the molecule is C=C1OC(OC)(c2ccc(Cl)c(Cc3ccc(OCC)c(F)c3)c2)C(OCc2ccccc2)C(OCc2ccccc2)C1OCc1ccccc1. The number of halogens is 2. The Morgan fingerprint density at radius 1 is 0.725 bits per heavy atom. The summed E-state index contributed by atoms with van der Waals surface area (Å²) in [5.41, 5.74) is 5.04. The maximum atomic E-state index is 14.8. The van der Waals surface area contributed by atoms with Crippen molar-refractivity contribution in [2.24, 2.45) is 0 Å². The van der Waals surface area contributed by atoms with E-state index in [0.29, 0.717) is 36.0 Å². The Bertz CT molecular complexity index is 1870. The molecule has 264 valence electrons. The molecule has 1 aliphatic heterocycles. The summed E-state index contributed by atoms with van der Waals surface area (Å²) in [6.45, 7) is 7.35. The fourth-order valence-electron chi connectivity index (χ4n) is 6.30. The van der Waals surface area contributed by atoms with Gasteiger partial charge in [0.25, 0.3) is 5.79 Å². The Hall–Kier alpha value is -4.50. The molecule has 8 heteroatoms. The smallest absolute Gasteiger partial charge is 0.265 e. The minimum Gasteiger partial charge on any atom is -0.491 e. The first-order chi connectivity index (χ1) is 24.9. The van der Waals surface area contributed by atoms with Crippen LogP contribution >= 0.6 is 11.6 Å². The Labute approximate surface area is 304 Å². The highest BCUT2D eigenvalue weighted by molar-refractivity contribution is 6.31. The maximum absolute atomic E-state index is 14.8. The fraction of sp³-hybridized carbons (Fsp3) is 0.256. The van der Waals surface area contributed by atoms with Crippen molar-refractivity contribution in [1.82, 2.24) is 0 Å². The van der Waals surface area contributed by atoms with Gasteiger partial charge in [-0.2, -0.15) is 0 Å². The molecule has 0 aliphatic carbocycles. The molecular weight excluding hydrogens is 667 g/mol. The fourth-order valence-corrected chi connectivity index (χ4v) is 6.48. The number of hydrogen-bond acceptors (Lipinski definition) is 6. The van der Waals surface area contributed by atoms with Crippen LogP contribution in [-0.4, -0.2) is 32.0 Å². The number of rotatable bonds is 15. The van der Waals surface area contributed by atoms with Crippen LogP contribution in [0.4, 0.5) is 4.39 Å². The molecule has 1 saturated heterocycles. The van der Waals surface area contributed by atoms with Gasteiger partial charge in [0.05, 0.1) is 26.4 Å². The van der Waals surface area contributed by atoms with Gasteiger partial charge in [-0.3, -0.25) is 0 Å². The van der Waals surface area contributed by atoms with Crippen LogP contribution in [0.5, 0.6) is 5.75 Å². The summed E-state index contributed by atoms with van der Waals surface area (Å²) < 4.78 is 53.5. The van der Waals surface area contributed by atoms with Gasteiger partial charge in [-0.15, -0.1) is 0 Å². The van der Waals surface area contributed by atoms with E-state index in [-0.39, 0.29) is 19.0 Å². The van der Waals surface area contributed by atoms with Crippen LogP contribution in [-0.2, 0) is 55.7 Å². The highest BCUT2D eigenvalue weighted by atomic mass is 35.5. The highest BCUT2D eigenvalue weighted by Gasteiger charge is 2.57. The third kappa shape index (κ3) is 8.70. The van der Waals surface area contributed by atoms with E-state index >= 15 is 0 Å². The molecule has 51 heavy (non-hydrogen) atoms. The summed E-state index contributed by atoms with van der Waals surface area (Å²) in [5.74, 6) is -1.42. The van der Waals surface area contributed by atoms with Gasteiger partial charge in [0, 0.05) is 17.7 Å². The average molecular weight is 709 g/mol. The van der Waals surface area contributed by atoms with Crippen molar-refractivity contribution in [2.45, 2.75) is 57.3 Å². The van der Waals surface area contributed by atoms with E-state index in [4.69, 9.17) is 40.0 Å². The topological polar surface area (TPSA) is 55.4 Å². The van der Waals surface area contributed by atoms with Gasteiger partial charge >= 0.3 is 0 Å².